The summed E-state index contributed by atoms with van der Waals surface area (Å²) in [7, 11) is 0. The van der Waals surface area contributed by atoms with Gasteiger partial charge in [-0.05, 0) is 39.3 Å². The third-order valence-corrected chi connectivity index (χ3v) is 3.72. The van der Waals surface area contributed by atoms with Crippen LogP contribution < -0.4 is 4.73 Å². The van der Waals surface area contributed by atoms with Crippen LogP contribution in [0.25, 0.3) is 0 Å². The van der Waals surface area contributed by atoms with E-state index in [-0.39, 0.29) is 17.2 Å². The summed E-state index contributed by atoms with van der Waals surface area (Å²) in [4.78, 5) is 39.0. The number of rotatable bonds is 5. The number of H-pyrrole nitrogens is 1. The van der Waals surface area contributed by atoms with Crippen molar-refractivity contribution in [3.63, 3.8) is 0 Å². The second-order valence-electron chi connectivity index (χ2n) is 5.50. The van der Waals surface area contributed by atoms with Crippen LogP contribution >= 0.6 is 0 Å². The molecule has 0 aliphatic heterocycles. The second-order valence-corrected chi connectivity index (χ2v) is 5.50. The first kappa shape index (κ1) is 17.4. The number of esters is 1. The summed E-state index contributed by atoms with van der Waals surface area (Å²) < 4.78 is 5.46. The van der Waals surface area contributed by atoms with E-state index in [0.717, 1.165) is 0 Å². The quantitative estimate of drug-likeness (QED) is 0.390. The summed E-state index contributed by atoms with van der Waals surface area (Å²) in [5.41, 5.74) is 1.58. The molecule has 1 N–H and O–H groups in total. The lowest BCUT2D eigenvalue weighted by atomic mass is 10.0. The molecule has 1 atom stereocenters. The van der Waals surface area contributed by atoms with E-state index in [9.17, 15) is 19.6 Å². The second kappa shape index (κ2) is 6.66. The Morgan fingerprint density at radius 2 is 1.92 bits per heavy atom. The normalized spacial score (nSPS) is 11.8. The number of nitrogens with one attached hydrogen (secondary N) is 1. The standard InChI is InChI=1S/C17H18N2O5/c1-9-14(11(3)20)10(2)18-15(9)16(21)12(4)24-17(22)13-7-5-6-8-19(13)23/h5-8,12,18H,1-4H3/t12-/m1/s1. The molecular formula is C17H18N2O5. The topological polar surface area (TPSA) is 103 Å². The number of carbonyl (C=O) groups is 3. The van der Waals surface area contributed by atoms with Gasteiger partial charge in [0.25, 0.3) is 0 Å². The summed E-state index contributed by atoms with van der Waals surface area (Å²) >= 11 is 0. The van der Waals surface area contributed by atoms with Crippen molar-refractivity contribution in [2.75, 3.05) is 0 Å². The highest BCUT2D eigenvalue weighted by Gasteiger charge is 2.28. The highest BCUT2D eigenvalue weighted by Crippen LogP contribution is 2.20. The molecule has 0 bridgehead atoms. The number of aryl methyl sites for hydroxylation is 1. The Balaban J connectivity index is 2.22. The van der Waals surface area contributed by atoms with Crippen LogP contribution in [0.5, 0.6) is 0 Å². The van der Waals surface area contributed by atoms with Crippen LogP contribution in [-0.2, 0) is 4.74 Å². The molecule has 0 aliphatic carbocycles. The van der Waals surface area contributed by atoms with Crippen LogP contribution in [0.1, 0.15) is 56.4 Å². The fraction of sp³-hybridized carbons (Fsp3) is 0.294. The number of ketones is 2. The van der Waals surface area contributed by atoms with Gasteiger partial charge < -0.3 is 14.9 Å². The zero-order chi connectivity index (χ0) is 18.0. The fourth-order valence-electron chi connectivity index (χ4n) is 2.59. The van der Waals surface area contributed by atoms with Crippen molar-refractivity contribution in [1.29, 1.82) is 0 Å². The molecule has 0 aromatic carbocycles. The minimum Gasteiger partial charge on any atom is -0.618 e. The summed E-state index contributed by atoms with van der Waals surface area (Å²) in [5, 5.41) is 11.5. The molecule has 2 heterocycles. The van der Waals surface area contributed by atoms with E-state index in [4.69, 9.17) is 4.74 Å². The Hall–Kier alpha value is -2.96. The van der Waals surface area contributed by atoms with Crippen molar-refractivity contribution >= 4 is 17.5 Å². The van der Waals surface area contributed by atoms with Crippen LogP contribution in [0, 0.1) is 19.1 Å². The smallest absolute Gasteiger partial charge is 0.405 e. The summed E-state index contributed by atoms with van der Waals surface area (Å²) in [6.07, 6.45) is 0.0648. The number of aromatic amines is 1. The average Bonchev–Trinajstić information content (AvgIpc) is 2.81. The molecular weight excluding hydrogens is 312 g/mol. The molecule has 0 amide bonds. The van der Waals surface area contributed by atoms with E-state index >= 15 is 0 Å². The maximum absolute atomic E-state index is 12.5. The predicted molar refractivity (Wildman–Crippen MR) is 84.9 cm³/mol. The van der Waals surface area contributed by atoms with Crippen molar-refractivity contribution in [3.8, 4) is 0 Å². The van der Waals surface area contributed by atoms with Gasteiger partial charge in [0, 0.05) is 23.4 Å². The number of ether oxygens (including phenoxy) is 1. The molecule has 7 nitrogen and oxygen atoms in total. The number of hydrogen-bond acceptors (Lipinski definition) is 5. The lowest BCUT2D eigenvalue weighted by Gasteiger charge is -2.11. The Bertz CT molecular complexity index is 822. The van der Waals surface area contributed by atoms with Crippen molar-refractivity contribution < 1.29 is 23.9 Å². The average molecular weight is 330 g/mol. The van der Waals surface area contributed by atoms with Crippen molar-refractivity contribution in [2.24, 2.45) is 0 Å². The molecule has 2 aromatic rings. The van der Waals surface area contributed by atoms with E-state index in [2.05, 4.69) is 4.98 Å². The first-order valence-corrected chi connectivity index (χ1v) is 7.37. The molecule has 0 saturated carbocycles. The Morgan fingerprint density at radius 3 is 2.46 bits per heavy atom. The van der Waals surface area contributed by atoms with E-state index in [0.29, 0.717) is 21.6 Å². The Morgan fingerprint density at radius 1 is 1.25 bits per heavy atom. The number of pyridine rings is 1. The maximum Gasteiger partial charge on any atom is 0.405 e. The van der Waals surface area contributed by atoms with E-state index in [1.165, 1.54) is 38.2 Å². The molecule has 7 heteroatoms. The lowest BCUT2D eigenvalue weighted by Crippen LogP contribution is -2.36. The zero-order valence-electron chi connectivity index (χ0n) is 13.9. The number of Topliss-reactive ketones (excluding diaryl/α,β-unsaturated/α-hetero) is 2. The van der Waals surface area contributed by atoms with Gasteiger partial charge in [0.1, 0.15) is 0 Å². The molecule has 0 saturated heterocycles. The first-order valence-electron chi connectivity index (χ1n) is 7.37. The molecule has 2 aromatic heterocycles. The zero-order valence-corrected chi connectivity index (χ0v) is 13.9. The molecule has 0 fully saturated rings. The predicted octanol–water partition coefficient (Wildman–Crippen LogP) is 1.90. The fourth-order valence-corrected chi connectivity index (χ4v) is 2.59. The third-order valence-electron chi connectivity index (χ3n) is 3.72. The van der Waals surface area contributed by atoms with Crippen LogP contribution in [0.15, 0.2) is 24.4 Å². The number of carbonyl (C=O) groups excluding carboxylic acids is 3. The molecule has 24 heavy (non-hydrogen) atoms. The summed E-state index contributed by atoms with van der Waals surface area (Å²) in [6.45, 7) is 6.19. The Labute approximate surface area is 138 Å². The van der Waals surface area contributed by atoms with Crippen LogP contribution in [0.2, 0.25) is 0 Å². The third kappa shape index (κ3) is 3.19. The minimum atomic E-state index is -1.10. The van der Waals surface area contributed by atoms with Crippen molar-refractivity contribution in [3.05, 3.63) is 57.8 Å². The number of nitrogens with zero attached hydrogens (tertiary/aromatic N) is 1. The van der Waals surface area contributed by atoms with Gasteiger partial charge in [-0.3, -0.25) is 9.59 Å². The first-order chi connectivity index (χ1) is 11.2. The monoisotopic (exact) mass is 330 g/mol. The molecule has 0 unspecified atom stereocenters. The van der Waals surface area contributed by atoms with Crippen molar-refractivity contribution in [2.45, 2.75) is 33.8 Å². The van der Waals surface area contributed by atoms with Crippen LogP contribution in [0.4, 0.5) is 0 Å². The van der Waals surface area contributed by atoms with Gasteiger partial charge in [-0.15, -0.1) is 0 Å². The molecule has 0 radical (unpaired) electrons. The van der Waals surface area contributed by atoms with Gasteiger partial charge in [-0.25, -0.2) is 4.79 Å². The highest BCUT2D eigenvalue weighted by molar-refractivity contribution is 6.05. The lowest BCUT2D eigenvalue weighted by molar-refractivity contribution is -0.608. The van der Waals surface area contributed by atoms with Gasteiger partial charge in [0.15, 0.2) is 18.1 Å². The van der Waals surface area contributed by atoms with Gasteiger partial charge in [0.05, 0.1) is 5.69 Å². The number of aromatic nitrogens is 2. The van der Waals surface area contributed by atoms with E-state index in [1.54, 1.807) is 13.8 Å². The Kier molecular flexibility index (Phi) is 4.82. The highest BCUT2D eigenvalue weighted by atomic mass is 16.6. The van der Waals surface area contributed by atoms with E-state index < -0.39 is 17.9 Å². The molecule has 2 rings (SSSR count). The van der Waals surface area contributed by atoms with E-state index in [1.807, 2.05) is 0 Å². The van der Waals surface area contributed by atoms with Crippen LogP contribution in [-0.4, -0.2) is 28.6 Å². The molecule has 0 spiro atoms. The van der Waals surface area contributed by atoms with Gasteiger partial charge in [-0.1, -0.05) is 0 Å². The minimum absolute atomic E-state index is 0.151. The van der Waals surface area contributed by atoms with Gasteiger partial charge in [-0.2, -0.15) is 4.73 Å². The van der Waals surface area contributed by atoms with Gasteiger partial charge >= 0.3 is 11.7 Å². The SMILES string of the molecule is CC(=O)c1c(C)[nH]c(C(=O)[C@@H](C)OC(=O)c2cccc[n+]2[O-])c1C. The summed E-state index contributed by atoms with van der Waals surface area (Å²) in [5.74, 6) is -1.51. The number of hydrogen-bond donors (Lipinski definition) is 1. The van der Waals surface area contributed by atoms with Gasteiger partial charge in [0.2, 0.25) is 5.78 Å². The molecule has 126 valence electrons. The van der Waals surface area contributed by atoms with Crippen molar-refractivity contribution in [1.82, 2.24) is 4.98 Å². The molecule has 0 aliphatic rings. The summed E-state index contributed by atoms with van der Waals surface area (Å²) in [6, 6.07) is 4.31. The van der Waals surface area contributed by atoms with Crippen LogP contribution in [0.3, 0.4) is 0 Å². The maximum atomic E-state index is 12.5. The largest absolute Gasteiger partial charge is 0.618 e.